The zero-order chi connectivity index (χ0) is 28.0. The van der Waals surface area contributed by atoms with Gasteiger partial charge in [0.05, 0.1) is 61.8 Å². The average molecular weight is 575 g/mol. The molecule has 37 heavy (non-hydrogen) atoms. The molecule has 0 unspecified atom stereocenters. The summed E-state index contributed by atoms with van der Waals surface area (Å²) in [7, 11) is 0.509. The van der Waals surface area contributed by atoms with Gasteiger partial charge >= 0.3 is 11.9 Å². The molecule has 0 radical (unpaired) electrons. The maximum atomic E-state index is 11.5. The van der Waals surface area contributed by atoms with Crippen LogP contribution >= 0.6 is 10.7 Å². The summed E-state index contributed by atoms with van der Waals surface area (Å²) in [5.41, 5.74) is 8.06. The zero-order valence-electron chi connectivity index (χ0n) is 20.0. The topological polar surface area (TPSA) is 185 Å². The first kappa shape index (κ1) is 29.5. The van der Waals surface area contributed by atoms with Gasteiger partial charge in [0, 0.05) is 21.5 Å². The number of benzene rings is 2. The highest BCUT2D eigenvalue weighted by molar-refractivity contribution is 8.13. The van der Waals surface area contributed by atoms with Crippen LogP contribution in [0.15, 0.2) is 57.8 Å². The molecule has 0 aliphatic heterocycles. The fourth-order valence-electron chi connectivity index (χ4n) is 3.00. The molecule has 0 spiro atoms. The first-order valence-electron chi connectivity index (χ1n) is 9.96. The number of anilines is 2. The predicted octanol–water partition coefficient (Wildman–Crippen LogP) is 3.58. The molecule has 0 atom stereocenters. The number of sulfonamides is 1. The number of ether oxygens (including phenoxy) is 2. The second-order valence-electron chi connectivity index (χ2n) is 7.23. The van der Waals surface area contributed by atoms with Crippen molar-refractivity contribution in [1.29, 1.82) is 0 Å². The van der Waals surface area contributed by atoms with E-state index in [1.807, 2.05) is 0 Å². The molecule has 4 aromatic rings. The summed E-state index contributed by atoms with van der Waals surface area (Å²) in [5.74, 6) is -0.899. The number of esters is 2. The summed E-state index contributed by atoms with van der Waals surface area (Å²) >= 11 is 0. The van der Waals surface area contributed by atoms with Crippen LogP contribution in [0.5, 0.6) is 0 Å². The monoisotopic (exact) mass is 574 g/mol. The molecule has 12 nitrogen and oxygen atoms in total. The largest absolute Gasteiger partial charge is 0.465 e. The van der Waals surface area contributed by atoms with Gasteiger partial charge in [-0.1, -0.05) is 0 Å². The van der Waals surface area contributed by atoms with Gasteiger partial charge in [-0.3, -0.25) is 4.72 Å². The Morgan fingerprint density at radius 3 is 1.70 bits per heavy atom. The van der Waals surface area contributed by atoms with Gasteiger partial charge in [0.1, 0.15) is 0 Å². The highest BCUT2D eigenvalue weighted by Crippen LogP contribution is 2.29. The van der Waals surface area contributed by atoms with Gasteiger partial charge in [0.25, 0.3) is 0 Å². The minimum absolute atomic E-state index is 0.283. The van der Waals surface area contributed by atoms with Gasteiger partial charge in [0.2, 0.25) is 19.1 Å². The Balaban J connectivity index is 0.000000225. The van der Waals surface area contributed by atoms with Crippen LogP contribution in [0.1, 0.15) is 20.7 Å². The number of furan rings is 2. The Hall–Kier alpha value is -3.75. The molecule has 0 amide bonds. The Morgan fingerprint density at radius 2 is 1.24 bits per heavy atom. The molecule has 15 heteroatoms. The van der Waals surface area contributed by atoms with Crippen molar-refractivity contribution in [2.45, 2.75) is 0 Å². The van der Waals surface area contributed by atoms with E-state index in [0.717, 1.165) is 12.5 Å². The zero-order valence-corrected chi connectivity index (χ0v) is 22.4. The molecule has 0 bridgehead atoms. The molecule has 0 aliphatic rings. The smallest absolute Gasteiger partial charge is 0.338 e. The molecular weight excluding hydrogens is 552 g/mol. The average Bonchev–Trinajstić information content (AvgIpc) is 3.48. The second-order valence-corrected chi connectivity index (χ2v) is 12.0. The Bertz CT molecular complexity index is 1630. The Labute approximate surface area is 216 Å². The van der Waals surface area contributed by atoms with E-state index < -0.39 is 31.0 Å². The fourth-order valence-corrected chi connectivity index (χ4v) is 3.56. The van der Waals surface area contributed by atoms with Crippen LogP contribution in [0.25, 0.3) is 21.9 Å². The van der Waals surface area contributed by atoms with E-state index in [4.69, 9.17) is 14.6 Å². The van der Waals surface area contributed by atoms with Gasteiger partial charge < -0.3 is 24.0 Å². The lowest BCUT2D eigenvalue weighted by molar-refractivity contribution is 0.0594. The normalized spacial score (nSPS) is 11.1. The van der Waals surface area contributed by atoms with Gasteiger partial charge in [-0.15, -0.1) is 0 Å². The molecular formula is C22H23ClN2O10S2. The summed E-state index contributed by atoms with van der Waals surface area (Å²) in [5, 5.41) is 1.17. The first-order chi connectivity index (χ1) is 17.2. The lowest BCUT2D eigenvalue weighted by Crippen LogP contribution is -2.10. The third kappa shape index (κ3) is 8.41. The van der Waals surface area contributed by atoms with Crippen molar-refractivity contribution in [1.82, 2.24) is 0 Å². The summed E-state index contributed by atoms with van der Waals surface area (Å²) in [6, 6.07) is 9.46. The predicted molar refractivity (Wildman–Crippen MR) is 139 cm³/mol. The van der Waals surface area contributed by atoms with E-state index in [2.05, 4.69) is 24.9 Å². The second kappa shape index (κ2) is 12.0. The molecule has 3 N–H and O–H groups in total. The van der Waals surface area contributed by atoms with Crippen molar-refractivity contribution in [3.63, 3.8) is 0 Å². The molecule has 2 aromatic heterocycles. The number of rotatable bonds is 4. The van der Waals surface area contributed by atoms with Crippen LogP contribution in [-0.4, -0.2) is 55.5 Å². The number of nitrogens with one attached hydrogen (secondary N) is 1. The van der Waals surface area contributed by atoms with E-state index in [1.54, 1.807) is 24.3 Å². The third-order valence-electron chi connectivity index (χ3n) is 4.37. The molecule has 200 valence electrons. The number of methoxy groups -OCH3 is 2. The van der Waals surface area contributed by atoms with Crippen molar-refractivity contribution in [3.05, 3.63) is 60.1 Å². The fraction of sp³-hybridized carbons (Fsp3) is 0.182. The number of carbonyl (C=O) groups excluding carboxylic acids is 2. The summed E-state index contributed by atoms with van der Waals surface area (Å²) in [6.45, 7) is 0. The van der Waals surface area contributed by atoms with Crippen molar-refractivity contribution in [2.24, 2.45) is 0 Å². The molecule has 0 fully saturated rings. The number of hydrogen-bond acceptors (Lipinski definition) is 11. The van der Waals surface area contributed by atoms with Crippen molar-refractivity contribution in [3.8, 4) is 0 Å². The minimum Gasteiger partial charge on any atom is -0.465 e. The van der Waals surface area contributed by atoms with Crippen molar-refractivity contribution >= 4 is 75.0 Å². The van der Waals surface area contributed by atoms with E-state index in [0.29, 0.717) is 38.8 Å². The lowest BCUT2D eigenvalue weighted by atomic mass is 10.1. The number of nitrogens with two attached hydrogens (primary N) is 1. The molecule has 2 aromatic carbocycles. The van der Waals surface area contributed by atoms with Crippen LogP contribution in [0, 0.1) is 0 Å². The van der Waals surface area contributed by atoms with Gasteiger partial charge in [-0.05, 0) is 36.4 Å². The van der Waals surface area contributed by atoms with Crippen LogP contribution in [-0.2, 0) is 28.5 Å². The third-order valence-corrected chi connectivity index (χ3v) is 4.96. The minimum atomic E-state index is -3.41. The SMILES string of the molecule is COC(=O)c1ccc(N)c2occc12.COC(=O)c1ccc(NS(C)(=O)=O)c2occc12.CS(=O)(=O)Cl. The quantitative estimate of drug-likeness (QED) is 0.206. The summed E-state index contributed by atoms with van der Waals surface area (Å²) in [4.78, 5) is 22.9. The molecule has 2 heterocycles. The number of fused-ring (bicyclic) bond motifs is 2. The number of hydrogen-bond donors (Lipinski definition) is 2. The standard InChI is InChI=1S/C11H11NO5S.C10H9NO3.CH3ClO2S/c1-16-11(13)8-3-4-9(12-18(2,14)15)10-7(8)5-6-17-10;1-13-10(12)7-2-3-8(11)9-6(7)4-5-14-9;1-5(2,3)4/h3-6,12H,1-2H3;2-5H,11H2,1H3;1H3. The van der Waals surface area contributed by atoms with Gasteiger partial charge in [-0.25, -0.2) is 26.4 Å². The maximum absolute atomic E-state index is 11.5. The molecule has 0 aliphatic carbocycles. The lowest BCUT2D eigenvalue weighted by Gasteiger charge is -2.06. The van der Waals surface area contributed by atoms with Crippen LogP contribution in [0.2, 0.25) is 0 Å². The van der Waals surface area contributed by atoms with Crippen molar-refractivity contribution in [2.75, 3.05) is 37.2 Å². The number of carbonyl (C=O) groups is 2. The Kier molecular flexibility index (Phi) is 9.55. The van der Waals surface area contributed by atoms with Crippen LogP contribution < -0.4 is 10.5 Å². The molecule has 0 saturated carbocycles. The number of halogens is 1. The van der Waals surface area contributed by atoms with E-state index >= 15 is 0 Å². The van der Waals surface area contributed by atoms with E-state index in [-0.39, 0.29) is 5.69 Å². The van der Waals surface area contributed by atoms with Gasteiger partial charge in [0.15, 0.2) is 11.2 Å². The molecule has 0 saturated heterocycles. The van der Waals surface area contributed by atoms with Crippen LogP contribution in [0.4, 0.5) is 11.4 Å². The summed E-state index contributed by atoms with van der Waals surface area (Å²) < 4.78 is 63.1. The Morgan fingerprint density at radius 1 is 0.811 bits per heavy atom. The summed E-state index contributed by atoms with van der Waals surface area (Å²) in [6.07, 6.45) is 4.84. The molecule has 4 rings (SSSR count). The van der Waals surface area contributed by atoms with Crippen LogP contribution in [0.3, 0.4) is 0 Å². The van der Waals surface area contributed by atoms with E-state index in [1.165, 1.54) is 38.9 Å². The maximum Gasteiger partial charge on any atom is 0.338 e. The first-order valence-corrected chi connectivity index (χ1v) is 14.6. The van der Waals surface area contributed by atoms with Gasteiger partial charge in [-0.2, -0.15) is 0 Å². The highest BCUT2D eigenvalue weighted by atomic mass is 35.7. The highest BCUT2D eigenvalue weighted by Gasteiger charge is 2.16. The van der Waals surface area contributed by atoms with Crippen molar-refractivity contribution < 1.29 is 44.7 Å². The van der Waals surface area contributed by atoms with E-state index in [9.17, 15) is 26.4 Å². The number of nitrogen functional groups attached to an aromatic ring is 1.